The summed E-state index contributed by atoms with van der Waals surface area (Å²) in [6.07, 6.45) is -3.32. The minimum absolute atomic E-state index is 0.133. The van der Waals surface area contributed by atoms with Gasteiger partial charge in [-0.15, -0.1) is 0 Å². The van der Waals surface area contributed by atoms with E-state index in [9.17, 15) is 27.2 Å². The largest absolute Gasteiger partial charge is 0.471 e. The molecule has 0 spiro atoms. The maximum Gasteiger partial charge on any atom is 0.471 e. The Labute approximate surface area is 122 Å². The number of alkyl halides is 3. The van der Waals surface area contributed by atoms with Gasteiger partial charge in [0.05, 0.1) is 5.41 Å². The number of halogens is 4. The molecule has 4 nitrogen and oxygen atoms in total. The quantitative estimate of drug-likeness (QED) is 0.838. The van der Waals surface area contributed by atoms with Crippen molar-refractivity contribution >= 4 is 17.5 Å². The lowest BCUT2D eigenvalue weighted by Gasteiger charge is -2.11. The lowest BCUT2D eigenvalue weighted by atomic mass is 10.1. The van der Waals surface area contributed by atoms with Crippen LogP contribution in [-0.4, -0.2) is 18.0 Å². The van der Waals surface area contributed by atoms with E-state index < -0.39 is 24.4 Å². The third-order valence-corrected chi connectivity index (χ3v) is 4.06. The van der Waals surface area contributed by atoms with E-state index in [-0.39, 0.29) is 22.6 Å². The zero-order valence-corrected chi connectivity index (χ0v) is 11.3. The molecule has 2 aliphatic carbocycles. The van der Waals surface area contributed by atoms with Gasteiger partial charge in [0.15, 0.2) is 0 Å². The van der Waals surface area contributed by atoms with E-state index >= 15 is 0 Å². The first-order valence-electron chi connectivity index (χ1n) is 6.67. The van der Waals surface area contributed by atoms with Gasteiger partial charge in [-0.25, -0.2) is 4.39 Å². The van der Waals surface area contributed by atoms with E-state index in [1.807, 2.05) is 0 Å². The first-order valence-corrected chi connectivity index (χ1v) is 6.67. The van der Waals surface area contributed by atoms with Crippen molar-refractivity contribution in [1.29, 1.82) is 0 Å². The van der Waals surface area contributed by atoms with Crippen LogP contribution in [0.1, 0.15) is 18.4 Å². The molecule has 0 aromatic heterocycles. The van der Waals surface area contributed by atoms with Gasteiger partial charge in [0.1, 0.15) is 5.82 Å². The van der Waals surface area contributed by atoms with Crippen molar-refractivity contribution in [2.75, 3.05) is 5.32 Å². The molecule has 0 aliphatic heterocycles. The van der Waals surface area contributed by atoms with E-state index in [1.54, 1.807) is 5.32 Å². The lowest BCUT2D eigenvalue weighted by Crippen LogP contribution is -2.36. The number of carbonyl (C=O) groups is 2. The topological polar surface area (TPSA) is 58.2 Å². The smallest absolute Gasteiger partial charge is 0.344 e. The highest BCUT2D eigenvalue weighted by Gasteiger charge is 2.74. The number of rotatable bonds is 4. The number of benzene rings is 1. The van der Waals surface area contributed by atoms with E-state index in [0.29, 0.717) is 5.92 Å². The first kappa shape index (κ1) is 14.8. The third kappa shape index (κ3) is 2.77. The molecule has 3 rings (SSSR count). The molecule has 2 fully saturated rings. The van der Waals surface area contributed by atoms with Gasteiger partial charge in [-0.3, -0.25) is 9.59 Å². The Morgan fingerprint density at radius 3 is 2.41 bits per heavy atom. The van der Waals surface area contributed by atoms with Crippen LogP contribution < -0.4 is 10.6 Å². The minimum atomic E-state index is -4.99. The van der Waals surface area contributed by atoms with Gasteiger partial charge in [0.25, 0.3) is 0 Å². The third-order valence-electron chi connectivity index (χ3n) is 4.06. The van der Waals surface area contributed by atoms with Crippen molar-refractivity contribution in [3.8, 4) is 0 Å². The maximum atomic E-state index is 13.5. The standard InChI is InChI=1S/C14H12F4N2O2/c15-9-1-7(6-19-12(22)14(16,17)18)2-10(3-9)20-11(21)13-4-8(13)5-13/h1-3,8H,4-6H2,(H,19,22)(H,20,21). The monoisotopic (exact) mass is 316 g/mol. The molecule has 0 radical (unpaired) electrons. The summed E-state index contributed by atoms with van der Waals surface area (Å²) in [6, 6.07) is 3.43. The minimum Gasteiger partial charge on any atom is -0.344 e. The Kier molecular flexibility index (Phi) is 3.15. The molecule has 2 aliphatic rings. The highest BCUT2D eigenvalue weighted by atomic mass is 19.4. The highest BCUT2D eigenvalue weighted by molar-refractivity contribution is 6.00. The molecule has 0 saturated heterocycles. The molecule has 2 saturated carbocycles. The summed E-state index contributed by atoms with van der Waals surface area (Å²) in [7, 11) is 0. The fraction of sp³-hybridized carbons (Fsp3) is 0.429. The van der Waals surface area contributed by atoms with Crippen molar-refractivity contribution in [2.45, 2.75) is 25.6 Å². The highest BCUT2D eigenvalue weighted by Crippen LogP contribution is 2.75. The molecule has 0 atom stereocenters. The first-order chi connectivity index (χ1) is 10.2. The molecule has 0 bridgehead atoms. The Bertz CT molecular complexity index is 651. The van der Waals surface area contributed by atoms with E-state index in [4.69, 9.17) is 0 Å². The van der Waals surface area contributed by atoms with E-state index in [1.165, 1.54) is 6.07 Å². The maximum absolute atomic E-state index is 13.5. The molecule has 0 unspecified atom stereocenters. The molecule has 22 heavy (non-hydrogen) atoms. The summed E-state index contributed by atoms with van der Waals surface area (Å²) in [5.41, 5.74) is 0.0125. The van der Waals surface area contributed by atoms with Crippen LogP contribution >= 0.6 is 0 Å². The average molecular weight is 316 g/mol. The van der Waals surface area contributed by atoms with Crippen molar-refractivity contribution in [1.82, 2.24) is 5.32 Å². The summed E-state index contributed by atoms with van der Waals surface area (Å²) in [5.74, 6) is -2.56. The lowest BCUT2D eigenvalue weighted by molar-refractivity contribution is -0.173. The second-order valence-electron chi connectivity index (χ2n) is 5.74. The number of amides is 2. The second kappa shape index (κ2) is 4.69. The second-order valence-corrected chi connectivity index (χ2v) is 5.74. The van der Waals surface area contributed by atoms with Crippen LogP contribution in [0.5, 0.6) is 0 Å². The van der Waals surface area contributed by atoms with E-state index in [2.05, 4.69) is 5.32 Å². The molecule has 118 valence electrons. The fourth-order valence-electron chi connectivity index (χ4n) is 2.44. The van der Waals surface area contributed by atoms with Gasteiger partial charge in [-0.1, -0.05) is 0 Å². The van der Waals surface area contributed by atoms with Crippen molar-refractivity contribution < 1.29 is 27.2 Å². The van der Waals surface area contributed by atoms with Crippen LogP contribution in [0.4, 0.5) is 23.2 Å². The molecule has 1 aromatic carbocycles. The average Bonchev–Trinajstić information content (AvgIpc) is 3.22. The van der Waals surface area contributed by atoms with Gasteiger partial charge in [-0.05, 0) is 42.5 Å². The van der Waals surface area contributed by atoms with Crippen LogP contribution in [0.25, 0.3) is 0 Å². The van der Waals surface area contributed by atoms with E-state index in [0.717, 1.165) is 25.0 Å². The summed E-state index contributed by atoms with van der Waals surface area (Å²) >= 11 is 0. The molecule has 2 amide bonds. The number of hydrogen-bond donors (Lipinski definition) is 2. The van der Waals surface area contributed by atoms with Gasteiger partial charge < -0.3 is 10.6 Å². The van der Waals surface area contributed by atoms with Crippen molar-refractivity contribution in [3.63, 3.8) is 0 Å². The predicted octanol–water partition coefficient (Wildman–Crippen LogP) is 2.35. The van der Waals surface area contributed by atoms with Crippen LogP contribution in [-0.2, 0) is 16.1 Å². The molecule has 8 heteroatoms. The van der Waals surface area contributed by atoms with Gasteiger partial charge in [0, 0.05) is 12.2 Å². The van der Waals surface area contributed by atoms with Crippen LogP contribution in [0, 0.1) is 17.2 Å². The Hall–Kier alpha value is -2.12. The molecule has 0 heterocycles. The normalized spacial score (nSPS) is 25.2. The fourth-order valence-corrected chi connectivity index (χ4v) is 2.44. The number of anilines is 1. The van der Waals surface area contributed by atoms with Crippen LogP contribution in [0.3, 0.4) is 0 Å². The van der Waals surface area contributed by atoms with Gasteiger partial charge in [-0.2, -0.15) is 13.2 Å². The predicted molar refractivity (Wildman–Crippen MR) is 68.1 cm³/mol. The number of fused-ring (bicyclic) bond motifs is 1. The molecule has 2 N–H and O–H groups in total. The Morgan fingerprint density at radius 2 is 1.86 bits per heavy atom. The molecular weight excluding hydrogens is 304 g/mol. The Morgan fingerprint density at radius 1 is 1.23 bits per heavy atom. The molecular formula is C14H12F4N2O2. The van der Waals surface area contributed by atoms with Gasteiger partial charge >= 0.3 is 12.1 Å². The number of carbonyl (C=O) groups excluding carboxylic acids is 2. The van der Waals surface area contributed by atoms with Crippen LogP contribution in [0.2, 0.25) is 0 Å². The summed E-state index contributed by atoms with van der Waals surface area (Å²) in [6.45, 7) is -0.479. The van der Waals surface area contributed by atoms with Crippen molar-refractivity contribution in [2.24, 2.45) is 11.3 Å². The number of hydrogen-bond acceptors (Lipinski definition) is 2. The van der Waals surface area contributed by atoms with Crippen LogP contribution in [0.15, 0.2) is 18.2 Å². The Balaban J connectivity index is 1.64. The SMILES string of the molecule is O=C(NCc1cc(F)cc(NC(=O)C23CC2C3)c1)C(F)(F)F. The summed E-state index contributed by atoms with van der Waals surface area (Å²) in [4.78, 5) is 22.6. The van der Waals surface area contributed by atoms with Crippen molar-refractivity contribution in [3.05, 3.63) is 29.6 Å². The summed E-state index contributed by atoms with van der Waals surface area (Å²) < 4.78 is 49.7. The zero-order chi connectivity index (χ0) is 16.1. The molecule has 1 aromatic rings. The number of nitrogens with one attached hydrogen (secondary N) is 2. The summed E-state index contributed by atoms with van der Waals surface area (Å²) in [5, 5.41) is 4.23. The van der Waals surface area contributed by atoms with Gasteiger partial charge in [0.2, 0.25) is 5.91 Å². The zero-order valence-electron chi connectivity index (χ0n) is 11.3.